The van der Waals surface area contributed by atoms with E-state index < -0.39 is 0 Å². The number of aryl methyl sites for hydroxylation is 1. The first kappa shape index (κ1) is 17.9. The highest BCUT2D eigenvalue weighted by molar-refractivity contribution is 5.27. The van der Waals surface area contributed by atoms with E-state index in [9.17, 15) is 0 Å². The third kappa shape index (κ3) is 9.42. The summed E-state index contributed by atoms with van der Waals surface area (Å²) in [6, 6.07) is 8.11. The maximum absolute atomic E-state index is 8.50. The molecule has 120 valence electrons. The Morgan fingerprint density at radius 3 is 1.81 bits per heavy atom. The van der Waals surface area contributed by atoms with Crippen LogP contribution in [0.1, 0.15) is 12.5 Å². The summed E-state index contributed by atoms with van der Waals surface area (Å²) in [4.78, 5) is 0. The van der Waals surface area contributed by atoms with Crippen LogP contribution in [-0.2, 0) is 20.6 Å². The second-order valence-corrected chi connectivity index (χ2v) is 4.41. The molecule has 0 atom stereocenters. The molecule has 0 amide bonds. The molecule has 0 heterocycles. The summed E-state index contributed by atoms with van der Waals surface area (Å²) >= 11 is 0. The van der Waals surface area contributed by atoms with E-state index >= 15 is 0 Å². The third-order valence-corrected chi connectivity index (χ3v) is 2.81. The Morgan fingerprint density at radius 2 is 1.29 bits per heavy atom. The minimum atomic E-state index is 0.0459. The van der Waals surface area contributed by atoms with Crippen molar-refractivity contribution < 1.29 is 24.1 Å². The summed E-state index contributed by atoms with van der Waals surface area (Å²) in [5, 5.41) is 8.50. The van der Waals surface area contributed by atoms with E-state index in [1.165, 1.54) is 5.56 Å². The SMILES string of the molecule is CCc1ccc(OCCOCCOCCOCCO)cc1. The Balaban J connectivity index is 1.88. The molecule has 1 N–H and O–H groups in total. The van der Waals surface area contributed by atoms with Gasteiger partial charge in [0.25, 0.3) is 0 Å². The molecule has 1 aromatic carbocycles. The van der Waals surface area contributed by atoms with Crippen molar-refractivity contribution in [1.82, 2.24) is 0 Å². The lowest BCUT2D eigenvalue weighted by Crippen LogP contribution is -2.13. The van der Waals surface area contributed by atoms with Gasteiger partial charge in [-0.2, -0.15) is 0 Å². The van der Waals surface area contributed by atoms with E-state index in [2.05, 4.69) is 19.1 Å². The van der Waals surface area contributed by atoms with Crippen LogP contribution < -0.4 is 4.74 Å². The van der Waals surface area contributed by atoms with Gasteiger partial charge in [0.2, 0.25) is 0 Å². The molecule has 0 saturated heterocycles. The molecule has 0 aromatic heterocycles. The van der Waals surface area contributed by atoms with Gasteiger partial charge in [0.1, 0.15) is 12.4 Å². The van der Waals surface area contributed by atoms with Gasteiger partial charge in [-0.25, -0.2) is 0 Å². The fraction of sp³-hybridized carbons (Fsp3) is 0.625. The van der Waals surface area contributed by atoms with Crippen LogP contribution in [0.15, 0.2) is 24.3 Å². The molecule has 0 aliphatic carbocycles. The van der Waals surface area contributed by atoms with Crippen molar-refractivity contribution in [2.75, 3.05) is 52.9 Å². The topological polar surface area (TPSA) is 57.2 Å². The van der Waals surface area contributed by atoms with Crippen LogP contribution >= 0.6 is 0 Å². The first-order chi connectivity index (χ1) is 10.4. The molecule has 0 spiro atoms. The Bertz CT molecular complexity index is 339. The second-order valence-electron chi connectivity index (χ2n) is 4.41. The summed E-state index contributed by atoms with van der Waals surface area (Å²) in [7, 11) is 0. The lowest BCUT2D eigenvalue weighted by Gasteiger charge is -2.08. The average molecular weight is 298 g/mol. The van der Waals surface area contributed by atoms with Crippen molar-refractivity contribution in [3.8, 4) is 5.75 Å². The number of hydrogen-bond acceptors (Lipinski definition) is 5. The molecule has 0 radical (unpaired) electrons. The van der Waals surface area contributed by atoms with Gasteiger partial charge < -0.3 is 24.1 Å². The fourth-order valence-electron chi connectivity index (χ4n) is 1.65. The van der Waals surface area contributed by atoms with Gasteiger partial charge in [-0.05, 0) is 24.1 Å². The average Bonchev–Trinajstić information content (AvgIpc) is 2.53. The highest BCUT2D eigenvalue weighted by atomic mass is 16.6. The predicted molar refractivity (Wildman–Crippen MR) is 80.9 cm³/mol. The van der Waals surface area contributed by atoms with Crippen molar-refractivity contribution >= 4 is 0 Å². The summed E-state index contributed by atoms with van der Waals surface area (Å²) in [5.74, 6) is 0.869. The molecule has 1 aromatic rings. The summed E-state index contributed by atoms with van der Waals surface area (Å²) in [5.41, 5.74) is 1.30. The zero-order valence-electron chi connectivity index (χ0n) is 12.8. The molecular weight excluding hydrogens is 272 g/mol. The van der Waals surface area contributed by atoms with Crippen LogP contribution in [0.25, 0.3) is 0 Å². The van der Waals surface area contributed by atoms with E-state index in [4.69, 9.17) is 24.1 Å². The quantitative estimate of drug-likeness (QED) is 0.561. The number of aliphatic hydroxyl groups excluding tert-OH is 1. The Morgan fingerprint density at radius 1 is 0.762 bits per heavy atom. The summed E-state index contributed by atoms with van der Waals surface area (Å²) < 4.78 is 21.3. The molecule has 5 nitrogen and oxygen atoms in total. The smallest absolute Gasteiger partial charge is 0.119 e. The van der Waals surface area contributed by atoms with Crippen LogP contribution in [0.3, 0.4) is 0 Å². The third-order valence-electron chi connectivity index (χ3n) is 2.81. The molecule has 21 heavy (non-hydrogen) atoms. The van der Waals surface area contributed by atoms with Crippen molar-refractivity contribution in [2.24, 2.45) is 0 Å². The second kappa shape index (κ2) is 12.6. The van der Waals surface area contributed by atoms with E-state index in [0.29, 0.717) is 46.2 Å². The number of hydrogen-bond donors (Lipinski definition) is 1. The van der Waals surface area contributed by atoms with E-state index in [0.717, 1.165) is 12.2 Å². The van der Waals surface area contributed by atoms with E-state index in [1.54, 1.807) is 0 Å². The van der Waals surface area contributed by atoms with Crippen molar-refractivity contribution in [1.29, 1.82) is 0 Å². The molecule has 0 unspecified atom stereocenters. The molecule has 0 saturated carbocycles. The van der Waals surface area contributed by atoms with Gasteiger partial charge >= 0.3 is 0 Å². The monoisotopic (exact) mass is 298 g/mol. The van der Waals surface area contributed by atoms with E-state index in [1.807, 2.05) is 12.1 Å². The molecule has 0 aliphatic rings. The maximum atomic E-state index is 8.50. The Labute approximate surface area is 126 Å². The highest BCUT2D eigenvalue weighted by Gasteiger charge is 1.95. The largest absolute Gasteiger partial charge is 0.491 e. The minimum Gasteiger partial charge on any atom is -0.491 e. The Hall–Kier alpha value is -1.14. The standard InChI is InChI=1S/C16H26O5/c1-2-15-3-5-16(6-4-15)21-14-13-20-12-11-19-10-9-18-8-7-17/h3-6,17H,2,7-14H2,1H3. The molecular formula is C16H26O5. The van der Waals surface area contributed by atoms with Gasteiger partial charge in [0, 0.05) is 0 Å². The zero-order valence-corrected chi connectivity index (χ0v) is 12.8. The van der Waals surface area contributed by atoms with Gasteiger partial charge in [-0.15, -0.1) is 0 Å². The normalized spacial score (nSPS) is 10.8. The molecule has 5 heteroatoms. The zero-order chi connectivity index (χ0) is 15.2. The van der Waals surface area contributed by atoms with Gasteiger partial charge in [-0.3, -0.25) is 0 Å². The molecule has 0 fully saturated rings. The number of ether oxygens (including phenoxy) is 4. The van der Waals surface area contributed by atoms with Crippen LogP contribution in [0.5, 0.6) is 5.75 Å². The highest BCUT2D eigenvalue weighted by Crippen LogP contribution is 2.12. The number of benzene rings is 1. The van der Waals surface area contributed by atoms with Crippen LogP contribution in [0.2, 0.25) is 0 Å². The van der Waals surface area contributed by atoms with Gasteiger partial charge in [-0.1, -0.05) is 19.1 Å². The number of rotatable bonds is 13. The van der Waals surface area contributed by atoms with Gasteiger partial charge in [0.15, 0.2) is 0 Å². The summed E-state index contributed by atoms with van der Waals surface area (Å²) in [6.07, 6.45) is 1.04. The molecule has 1 rings (SSSR count). The maximum Gasteiger partial charge on any atom is 0.119 e. The fourth-order valence-corrected chi connectivity index (χ4v) is 1.65. The van der Waals surface area contributed by atoms with E-state index in [-0.39, 0.29) is 6.61 Å². The van der Waals surface area contributed by atoms with Crippen LogP contribution in [0, 0.1) is 0 Å². The summed E-state index contributed by atoms with van der Waals surface area (Å²) in [6.45, 7) is 5.70. The van der Waals surface area contributed by atoms with Crippen LogP contribution in [0.4, 0.5) is 0 Å². The number of aliphatic hydroxyl groups is 1. The van der Waals surface area contributed by atoms with Crippen molar-refractivity contribution in [3.05, 3.63) is 29.8 Å². The molecule has 0 aliphatic heterocycles. The Kier molecular flexibility index (Phi) is 10.7. The lowest BCUT2D eigenvalue weighted by molar-refractivity contribution is 0.00361. The lowest BCUT2D eigenvalue weighted by atomic mass is 10.2. The first-order valence-electron chi connectivity index (χ1n) is 7.42. The van der Waals surface area contributed by atoms with Crippen LogP contribution in [-0.4, -0.2) is 58.0 Å². The van der Waals surface area contributed by atoms with Crippen molar-refractivity contribution in [2.45, 2.75) is 13.3 Å². The molecule has 0 bridgehead atoms. The predicted octanol–water partition coefficient (Wildman–Crippen LogP) is 1.67. The van der Waals surface area contributed by atoms with Gasteiger partial charge in [0.05, 0.1) is 46.2 Å². The minimum absolute atomic E-state index is 0.0459. The van der Waals surface area contributed by atoms with Crippen molar-refractivity contribution in [3.63, 3.8) is 0 Å². The first-order valence-corrected chi connectivity index (χ1v) is 7.42.